The predicted octanol–water partition coefficient (Wildman–Crippen LogP) is 2.31. The van der Waals surface area contributed by atoms with Crippen LogP contribution in [-0.4, -0.2) is 17.3 Å². The van der Waals surface area contributed by atoms with Crippen molar-refractivity contribution >= 4 is 17.8 Å². The Hall–Kier alpha value is -0.900. The standard InChI is InChI=1S/C9H12N2OS/c1-12-9-4-2-3-8(10-9)11-13-7-5-6-7/h2-4,7H,5-6H2,1H3,(H,10,11). The van der Waals surface area contributed by atoms with Crippen molar-refractivity contribution in [2.45, 2.75) is 18.1 Å². The van der Waals surface area contributed by atoms with Crippen molar-refractivity contribution in [1.29, 1.82) is 0 Å². The van der Waals surface area contributed by atoms with Gasteiger partial charge in [0.25, 0.3) is 0 Å². The van der Waals surface area contributed by atoms with Crippen molar-refractivity contribution in [3.8, 4) is 5.88 Å². The highest BCUT2D eigenvalue weighted by Crippen LogP contribution is 2.34. The summed E-state index contributed by atoms with van der Waals surface area (Å²) >= 11 is 1.75. The molecule has 0 saturated heterocycles. The molecule has 70 valence electrons. The van der Waals surface area contributed by atoms with Crippen LogP contribution in [0.3, 0.4) is 0 Å². The average Bonchev–Trinajstić information content (AvgIpc) is 2.99. The molecule has 1 heterocycles. The van der Waals surface area contributed by atoms with Crippen LogP contribution >= 0.6 is 11.9 Å². The van der Waals surface area contributed by atoms with E-state index in [2.05, 4.69) is 9.71 Å². The van der Waals surface area contributed by atoms with E-state index in [0.29, 0.717) is 5.88 Å². The largest absolute Gasteiger partial charge is 0.481 e. The number of rotatable bonds is 4. The third-order valence-corrected chi connectivity index (χ3v) is 2.92. The second-order valence-corrected chi connectivity index (χ2v) is 4.09. The van der Waals surface area contributed by atoms with Crippen molar-refractivity contribution in [3.63, 3.8) is 0 Å². The summed E-state index contributed by atoms with van der Waals surface area (Å²) in [7, 11) is 1.63. The maximum atomic E-state index is 5.02. The molecule has 1 aromatic rings. The fourth-order valence-corrected chi connectivity index (χ4v) is 1.69. The van der Waals surface area contributed by atoms with Gasteiger partial charge in [0.2, 0.25) is 5.88 Å². The zero-order chi connectivity index (χ0) is 9.10. The Morgan fingerprint density at radius 2 is 2.38 bits per heavy atom. The van der Waals surface area contributed by atoms with Gasteiger partial charge in [-0.1, -0.05) is 6.07 Å². The van der Waals surface area contributed by atoms with Gasteiger partial charge >= 0.3 is 0 Å². The molecule has 0 aromatic carbocycles. The number of nitrogens with zero attached hydrogens (tertiary/aromatic N) is 1. The number of pyridine rings is 1. The van der Waals surface area contributed by atoms with Gasteiger partial charge in [0, 0.05) is 11.3 Å². The van der Waals surface area contributed by atoms with Crippen LogP contribution in [0.2, 0.25) is 0 Å². The number of aromatic nitrogens is 1. The summed E-state index contributed by atoms with van der Waals surface area (Å²) in [5, 5.41) is 0.785. The van der Waals surface area contributed by atoms with Gasteiger partial charge in [0.15, 0.2) is 0 Å². The third kappa shape index (κ3) is 2.52. The summed E-state index contributed by atoms with van der Waals surface area (Å²) in [5.41, 5.74) is 0. The summed E-state index contributed by atoms with van der Waals surface area (Å²) in [5.74, 6) is 1.53. The molecule has 3 nitrogen and oxygen atoms in total. The molecule has 1 N–H and O–H groups in total. The molecule has 0 amide bonds. The van der Waals surface area contributed by atoms with Crippen molar-refractivity contribution in [3.05, 3.63) is 18.2 Å². The minimum atomic E-state index is 0.654. The van der Waals surface area contributed by atoms with Gasteiger partial charge in [-0.3, -0.25) is 0 Å². The van der Waals surface area contributed by atoms with Gasteiger partial charge < -0.3 is 9.46 Å². The number of ether oxygens (including phenoxy) is 1. The van der Waals surface area contributed by atoms with E-state index in [1.807, 2.05) is 18.2 Å². The Labute approximate surface area is 82.0 Å². The van der Waals surface area contributed by atoms with Crippen LogP contribution in [0.1, 0.15) is 12.8 Å². The Kier molecular flexibility index (Phi) is 2.59. The van der Waals surface area contributed by atoms with Crippen LogP contribution in [0.15, 0.2) is 18.2 Å². The van der Waals surface area contributed by atoms with Crippen LogP contribution in [0.5, 0.6) is 5.88 Å². The Balaban J connectivity index is 1.93. The number of nitrogens with one attached hydrogen (secondary N) is 1. The first-order valence-electron chi connectivity index (χ1n) is 4.31. The van der Waals surface area contributed by atoms with Gasteiger partial charge in [-0.15, -0.1) is 0 Å². The minimum absolute atomic E-state index is 0.654. The number of hydrogen-bond acceptors (Lipinski definition) is 4. The van der Waals surface area contributed by atoms with Crippen LogP contribution in [-0.2, 0) is 0 Å². The van der Waals surface area contributed by atoms with Crippen molar-refractivity contribution in [2.75, 3.05) is 11.8 Å². The first kappa shape index (κ1) is 8.69. The summed E-state index contributed by atoms with van der Waals surface area (Å²) < 4.78 is 8.22. The highest BCUT2D eigenvalue weighted by molar-refractivity contribution is 8.01. The zero-order valence-electron chi connectivity index (χ0n) is 7.49. The summed E-state index contributed by atoms with van der Waals surface area (Å²) in [6, 6.07) is 5.71. The van der Waals surface area contributed by atoms with Crippen LogP contribution in [0.4, 0.5) is 5.82 Å². The molecule has 4 heteroatoms. The molecule has 0 radical (unpaired) electrons. The molecule has 1 aliphatic carbocycles. The summed E-state index contributed by atoms with van der Waals surface area (Å²) in [6.45, 7) is 0. The normalized spacial score (nSPS) is 15.5. The lowest BCUT2D eigenvalue weighted by molar-refractivity contribution is 0.398. The van der Waals surface area contributed by atoms with Gasteiger partial charge in [0.05, 0.1) is 7.11 Å². The second kappa shape index (κ2) is 3.87. The summed E-state index contributed by atoms with van der Waals surface area (Å²) in [6.07, 6.45) is 2.64. The molecular formula is C9H12N2OS. The van der Waals surface area contributed by atoms with E-state index >= 15 is 0 Å². The first-order chi connectivity index (χ1) is 6.38. The van der Waals surface area contributed by atoms with E-state index in [0.717, 1.165) is 11.1 Å². The SMILES string of the molecule is COc1cccc(NSC2CC2)n1. The predicted molar refractivity (Wildman–Crippen MR) is 55.0 cm³/mol. The number of hydrogen-bond donors (Lipinski definition) is 1. The maximum Gasteiger partial charge on any atom is 0.214 e. The molecular weight excluding hydrogens is 184 g/mol. The second-order valence-electron chi connectivity index (χ2n) is 2.98. The highest BCUT2D eigenvalue weighted by atomic mass is 32.2. The molecule has 0 spiro atoms. The van der Waals surface area contributed by atoms with E-state index in [9.17, 15) is 0 Å². The topological polar surface area (TPSA) is 34.1 Å². The lowest BCUT2D eigenvalue weighted by Crippen LogP contribution is -1.94. The van der Waals surface area contributed by atoms with Crippen LogP contribution in [0.25, 0.3) is 0 Å². The average molecular weight is 196 g/mol. The zero-order valence-corrected chi connectivity index (χ0v) is 8.30. The first-order valence-corrected chi connectivity index (χ1v) is 5.19. The molecule has 1 aliphatic rings. The maximum absolute atomic E-state index is 5.02. The van der Waals surface area contributed by atoms with E-state index in [4.69, 9.17) is 4.74 Å². The molecule has 0 unspecified atom stereocenters. The fraction of sp³-hybridized carbons (Fsp3) is 0.444. The lowest BCUT2D eigenvalue weighted by Gasteiger charge is -2.04. The highest BCUT2D eigenvalue weighted by Gasteiger charge is 2.22. The van der Waals surface area contributed by atoms with Crippen LogP contribution in [0, 0.1) is 0 Å². The van der Waals surface area contributed by atoms with Gasteiger partial charge in [0.1, 0.15) is 5.82 Å². The van der Waals surface area contributed by atoms with Crippen molar-refractivity contribution in [2.24, 2.45) is 0 Å². The third-order valence-electron chi connectivity index (χ3n) is 1.79. The molecule has 13 heavy (non-hydrogen) atoms. The molecule has 1 saturated carbocycles. The Morgan fingerprint density at radius 3 is 3.08 bits per heavy atom. The van der Waals surface area contributed by atoms with Crippen molar-refractivity contribution in [1.82, 2.24) is 4.98 Å². The molecule has 0 bridgehead atoms. The molecule has 0 atom stereocenters. The van der Waals surface area contributed by atoms with E-state index in [1.165, 1.54) is 12.8 Å². The molecule has 2 rings (SSSR count). The summed E-state index contributed by atoms with van der Waals surface area (Å²) in [4.78, 5) is 4.24. The molecule has 1 aromatic heterocycles. The Bertz CT molecular complexity index is 289. The van der Waals surface area contributed by atoms with Crippen LogP contribution < -0.4 is 9.46 Å². The van der Waals surface area contributed by atoms with E-state index in [1.54, 1.807) is 19.1 Å². The quantitative estimate of drug-likeness (QED) is 0.749. The minimum Gasteiger partial charge on any atom is -0.481 e. The molecule has 1 fully saturated rings. The van der Waals surface area contributed by atoms with E-state index in [-0.39, 0.29) is 0 Å². The van der Waals surface area contributed by atoms with Gasteiger partial charge in [-0.25, -0.2) is 0 Å². The number of anilines is 1. The lowest BCUT2D eigenvalue weighted by atomic mass is 10.5. The smallest absolute Gasteiger partial charge is 0.214 e. The van der Waals surface area contributed by atoms with Gasteiger partial charge in [-0.05, 0) is 30.9 Å². The monoisotopic (exact) mass is 196 g/mol. The van der Waals surface area contributed by atoms with Crippen molar-refractivity contribution < 1.29 is 4.74 Å². The number of methoxy groups -OCH3 is 1. The fourth-order valence-electron chi connectivity index (χ4n) is 0.915. The van der Waals surface area contributed by atoms with Gasteiger partial charge in [-0.2, -0.15) is 4.98 Å². The van der Waals surface area contributed by atoms with E-state index < -0.39 is 0 Å². The molecule has 0 aliphatic heterocycles. The Morgan fingerprint density at radius 1 is 1.54 bits per heavy atom.